The molecule has 1 aliphatic heterocycles. The molecule has 0 radical (unpaired) electrons. The van der Waals surface area contributed by atoms with Gasteiger partial charge in [-0.15, -0.1) is 0 Å². The van der Waals surface area contributed by atoms with Gasteiger partial charge in [0.2, 0.25) is 0 Å². The highest BCUT2D eigenvalue weighted by molar-refractivity contribution is 5.53. The average Bonchev–Trinajstić information content (AvgIpc) is 2.57. The van der Waals surface area contributed by atoms with Crippen molar-refractivity contribution in [3.05, 3.63) is 71.9 Å². The lowest BCUT2D eigenvalue weighted by Gasteiger charge is -2.28. The average molecular weight is 259 g/mol. The molecule has 0 aromatic carbocycles. The number of rotatable bonds is 2. The lowest BCUT2D eigenvalue weighted by atomic mass is 9.84. The molecule has 1 aliphatic carbocycles. The summed E-state index contributed by atoms with van der Waals surface area (Å²) < 4.78 is 5.66. The number of ether oxygens (including phenoxy) is 1. The molecule has 0 saturated heterocycles. The normalized spacial score (nSPS) is 29.2. The highest BCUT2D eigenvalue weighted by Gasteiger charge is 2.38. The highest BCUT2D eigenvalue weighted by Crippen LogP contribution is 2.38. The first-order valence-electron chi connectivity index (χ1n) is 5.88. The molecule has 2 atom stereocenters. The molecule has 0 amide bonds. The van der Waals surface area contributed by atoms with Crippen molar-refractivity contribution in [2.45, 2.75) is 18.6 Å². The van der Waals surface area contributed by atoms with Gasteiger partial charge in [-0.1, -0.05) is 31.4 Å². The van der Waals surface area contributed by atoms with Crippen LogP contribution in [0.4, 0.5) is 0 Å². The molecule has 2 unspecified atom stereocenters. The highest BCUT2D eigenvalue weighted by atomic mass is 16.5. The van der Waals surface area contributed by atoms with E-state index in [4.69, 9.17) is 10.5 Å². The van der Waals surface area contributed by atoms with Gasteiger partial charge in [0.05, 0.1) is 5.57 Å². The first kappa shape index (κ1) is 13.2. The van der Waals surface area contributed by atoms with Gasteiger partial charge in [-0.3, -0.25) is 0 Å². The third kappa shape index (κ3) is 2.22. The van der Waals surface area contributed by atoms with Crippen molar-refractivity contribution < 1.29 is 14.9 Å². The topological polar surface area (TPSA) is 75.7 Å². The predicted octanol–water partition coefficient (Wildman–Crippen LogP) is 1.99. The molecule has 0 spiro atoms. The lowest BCUT2D eigenvalue weighted by molar-refractivity contribution is 0.132. The van der Waals surface area contributed by atoms with Crippen LogP contribution in [-0.4, -0.2) is 21.9 Å². The van der Waals surface area contributed by atoms with Crippen molar-refractivity contribution in [1.82, 2.24) is 0 Å². The first-order valence-corrected chi connectivity index (χ1v) is 5.88. The molecule has 2 aliphatic rings. The largest absolute Gasteiger partial charge is 0.505 e. The fraction of sp³-hybridized carbons (Fsp3) is 0.200. The number of hydrogen-bond donors (Lipinski definition) is 3. The second-order valence-corrected chi connectivity index (χ2v) is 4.70. The van der Waals surface area contributed by atoms with Crippen LogP contribution in [0.15, 0.2) is 71.9 Å². The van der Waals surface area contributed by atoms with Gasteiger partial charge in [-0.2, -0.15) is 0 Å². The van der Waals surface area contributed by atoms with Gasteiger partial charge >= 0.3 is 0 Å². The fourth-order valence-corrected chi connectivity index (χ4v) is 2.25. The number of aliphatic hydroxyl groups is 2. The Hall–Kier alpha value is -2.20. The van der Waals surface area contributed by atoms with Crippen molar-refractivity contribution >= 4 is 0 Å². The zero-order chi connectivity index (χ0) is 14.2. The van der Waals surface area contributed by atoms with E-state index in [0.717, 1.165) is 0 Å². The third-order valence-electron chi connectivity index (χ3n) is 3.14. The van der Waals surface area contributed by atoms with Gasteiger partial charge in [0.1, 0.15) is 11.7 Å². The summed E-state index contributed by atoms with van der Waals surface area (Å²) in [6, 6.07) is 0. The summed E-state index contributed by atoms with van der Waals surface area (Å²) in [5, 5.41) is 20.5. The van der Waals surface area contributed by atoms with Crippen LogP contribution >= 0.6 is 0 Å². The Morgan fingerprint density at radius 3 is 2.68 bits per heavy atom. The van der Waals surface area contributed by atoms with Crippen LogP contribution in [-0.2, 0) is 4.74 Å². The van der Waals surface area contributed by atoms with Crippen LogP contribution in [0.3, 0.4) is 0 Å². The molecule has 0 saturated carbocycles. The quantitative estimate of drug-likeness (QED) is 0.663. The Kier molecular flexibility index (Phi) is 3.12. The van der Waals surface area contributed by atoms with Crippen LogP contribution in [0, 0.1) is 0 Å². The second kappa shape index (κ2) is 4.48. The van der Waals surface area contributed by atoms with Crippen molar-refractivity contribution in [2.24, 2.45) is 5.73 Å². The van der Waals surface area contributed by atoms with Crippen molar-refractivity contribution in [2.75, 3.05) is 0 Å². The summed E-state index contributed by atoms with van der Waals surface area (Å²) in [7, 11) is 0. The maximum Gasteiger partial charge on any atom is 0.170 e. The lowest BCUT2D eigenvalue weighted by Crippen LogP contribution is -2.32. The van der Waals surface area contributed by atoms with Crippen molar-refractivity contribution in [3.8, 4) is 0 Å². The van der Waals surface area contributed by atoms with Crippen LogP contribution < -0.4 is 5.73 Å². The fourth-order valence-electron chi connectivity index (χ4n) is 2.25. The van der Waals surface area contributed by atoms with E-state index in [0.29, 0.717) is 5.57 Å². The summed E-state index contributed by atoms with van der Waals surface area (Å²) >= 11 is 0. The summed E-state index contributed by atoms with van der Waals surface area (Å²) in [4.78, 5) is 0. The second-order valence-electron chi connectivity index (χ2n) is 4.70. The molecular formula is C15H17NO3. The van der Waals surface area contributed by atoms with E-state index in [1.54, 1.807) is 31.2 Å². The van der Waals surface area contributed by atoms with Gasteiger partial charge in [0.25, 0.3) is 0 Å². The molecule has 4 N–H and O–H groups in total. The number of hydrogen-bond acceptors (Lipinski definition) is 4. The van der Waals surface area contributed by atoms with Gasteiger partial charge in [0, 0.05) is 5.70 Å². The summed E-state index contributed by atoms with van der Waals surface area (Å²) in [6.07, 6.45) is 8.53. The predicted molar refractivity (Wildman–Crippen MR) is 74.0 cm³/mol. The van der Waals surface area contributed by atoms with Gasteiger partial charge in [-0.05, 0) is 24.6 Å². The number of fused-ring (bicyclic) bond motifs is 1. The van der Waals surface area contributed by atoms with Crippen LogP contribution in [0.5, 0.6) is 0 Å². The van der Waals surface area contributed by atoms with Gasteiger partial charge in [0.15, 0.2) is 11.5 Å². The van der Waals surface area contributed by atoms with Crippen LogP contribution in [0.25, 0.3) is 0 Å². The first-order chi connectivity index (χ1) is 8.84. The number of nitrogens with two attached hydrogens (primary N) is 1. The Bertz CT molecular complexity index is 562. The van der Waals surface area contributed by atoms with Crippen molar-refractivity contribution in [3.63, 3.8) is 0 Å². The zero-order valence-electron chi connectivity index (χ0n) is 10.8. The maximum atomic E-state index is 10.8. The SMILES string of the molecule is C=C(N)C1=C(C(=C)O)OC2C=CC=CC(=C2)C1(C)O. The van der Waals surface area contributed by atoms with Crippen LogP contribution in [0.1, 0.15) is 6.92 Å². The molecule has 100 valence electrons. The maximum absolute atomic E-state index is 10.8. The molecule has 2 rings (SSSR count). The van der Waals surface area contributed by atoms with E-state index in [1.165, 1.54) is 0 Å². The molecule has 1 heterocycles. The van der Waals surface area contributed by atoms with Gasteiger partial charge in [-0.25, -0.2) is 0 Å². The zero-order valence-corrected chi connectivity index (χ0v) is 10.8. The Balaban J connectivity index is 2.70. The van der Waals surface area contributed by atoms with Crippen LogP contribution in [0.2, 0.25) is 0 Å². The third-order valence-corrected chi connectivity index (χ3v) is 3.14. The minimum Gasteiger partial charge on any atom is -0.505 e. The van der Waals surface area contributed by atoms with E-state index < -0.39 is 11.7 Å². The number of aliphatic hydroxyl groups excluding tert-OH is 1. The standard InChI is InChI=1S/C15H17NO3/c1-9(16)13-14(10(2)17)19-12-7-5-4-6-11(8-12)15(13,3)18/h4-8,12,17-18H,1-2,16H2,3H3. The molecule has 4 heteroatoms. The molecule has 4 nitrogen and oxygen atoms in total. The van der Waals surface area contributed by atoms with E-state index in [2.05, 4.69) is 13.2 Å². The summed E-state index contributed by atoms with van der Waals surface area (Å²) in [6.45, 7) is 8.68. The minimum absolute atomic E-state index is 0.0636. The molecular weight excluding hydrogens is 242 g/mol. The Morgan fingerprint density at radius 1 is 1.42 bits per heavy atom. The van der Waals surface area contributed by atoms with E-state index in [1.807, 2.05) is 6.08 Å². The molecule has 0 aromatic rings. The Labute approximate surface area is 112 Å². The molecule has 19 heavy (non-hydrogen) atoms. The van der Waals surface area contributed by atoms with Gasteiger partial charge < -0.3 is 20.7 Å². The van der Waals surface area contributed by atoms with E-state index >= 15 is 0 Å². The molecule has 0 fully saturated rings. The molecule has 2 bridgehead atoms. The monoisotopic (exact) mass is 259 g/mol. The number of allylic oxidation sites excluding steroid dienone is 2. The van der Waals surface area contributed by atoms with E-state index in [-0.39, 0.29) is 22.8 Å². The minimum atomic E-state index is -1.41. The summed E-state index contributed by atoms with van der Waals surface area (Å²) in [5.74, 6) is -0.229. The molecule has 0 aromatic heterocycles. The smallest absolute Gasteiger partial charge is 0.170 e. The van der Waals surface area contributed by atoms with Crippen molar-refractivity contribution in [1.29, 1.82) is 0 Å². The van der Waals surface area contributed by atoms with E-state index in [9.17, 15) is 10.2 Å². The Morgan fingerprint density at radius 2 is 2.11 bits per heavy atom. The summed E-state index contributed by atoms with van der Waals surface area (Å²) in [5.41, 5.74) is 5.32.